The Hall–Kier alpha value is -3.42. The first-order chi connectivity index (χ1) is 14.5. The molecule has 2 amide bonds. The fourth-order valence-corrected chi connectivity index (χ4v) is 3.90. The summed E-state index contributed by atoms with van der Waals surface area (Å²) in [6, 6.07) is 11.1. The molecule has 2 aromatic heterocycles. The van der Waals surface area contributed by atoms with Gasteiger partial charge in [0, 0.05) is 25.0 Å². The molecule has 1 aliphatic rings. The molecule has 1 fully saturated rings. The second kappa shape index (κ2) is 8.52. The molecule has 156 valence electrons. The number of fused-ring (bicyclic) bond motifs is 1. The highest BCUT2D eigenvalue weighted by atomic mass is 16.5. The maximum atomic E-state index is 12.7. The Kier molecular flexibility index (Phi) is 5.65. The second-order valence-corrected chi connectivity index (χ2v) is 7.37. The van der Waals surface area contributed by atoms with E-state index in [0.29, 0.717) is 25.4 Å². The van der Waals surface area contributed by atoms with Crippen molar-refractivity contribution < 1.29 is 14.3 Å². The van der Waals surface area contributed by atoms with E-state index in [1.54, 1.807) is 25.3 Å². The zero-order valence-electron chi connectivity index (χ0n) is 17.2. The van der Waals surface area contributed by atoms with Crippen LogP contribution in [0.25, 0.3) is 11.2 Å². The van der Waals surface area contributed by atoms with Gasteiger partial charge in [-0.3, -0.25) is 4.79 Å². The van der Waals surface area contributed by atoms with Crippen LogP contribution >= 0.6 is 0 Å². The Labute approximate surface area is 174 Å². The zero-order chi connectivity index (χ0) is 21.1. The number of carbonyl (C=O) groups excluding carboxylic acids is 2. The lowest BCUT2D eigenvalue weighted by Gasteiger charge is -2.19. The third-order valence-corrected chi connectivity index (χ3v) is 5.30. The summed E-state index contributed by atoms with van der Waals surface area (Å²) in [7, 11) is 0. The number of nitrogens with zero attached hydrogens (tertiary/aromatic N) is 4. The largest absolute Gasteiger partial charge is 0.466 e. The Morgan fingerprint density at radius 2 is 2.03 bits per heavy atom. The zero-order valence-corrected chi connectivity index (χ0v) is 17.2. The van der Waals surface area contributed by atoms with Gasteiger partial charge in [0.25, 0.3) is 0 Å². The lowest BCUT2D eigenvalue weighted by Crippen LogP contribution is -2.33. The standard InChI is InChI=1S/C22H25N5O3/c1-3-30-20(28)13-16-6-8-17(9-7-16)25-22(29)26-12-10-18(14-26)27-15(2)24-19-5-4-11-23-21(19)27/h4-9,11,18H,3,10,12-14H2,1-2H3,(H,25,29)/t18-/m1/s1. The Bertz CT molecular complexity index is 1060. The second-order valence-electron chi connectivity index (χ2n) is 7.37. The number of likely N-dealkylation sites (tertiary alicyclic amines) is 1. The average Bonchev–Trinajstić information content (AvgIpc) is 3.33. The summed E-state index contributed by atoms with van der Waals surface area (Å²) in [6.45, 7) is 5.40. The molecule has 3 aromatic rings. The molecule has 1 aliphatic heterocycles. The first-order valence-electron chi connectivity index (χ1n) is 10.1. The van der Waals surface area contributed by atoms with Crippen LogP contribution in [0.4, 0.5) is 10.5 Å². The topological polar surface area (TPSA) is 89.4 Å². The van der Waals surface area contributed by atoms with Gasteiger partial charge in [0.05, 0.1) is 19.1 Å². The van der Waals surface area contributed by atoms with Crippen molar-refractivity contribution in [2.24, 2.45) is 0 Å². The van der Waals surface area contributed by atoms with Crippen molar-refractivity contribution in [1.82, 2.24) is 19.4 Å². The molecule has 0 bridgehead atoms. The summed E-state index contributed by atoms with van der Waals surface area (Å²) in [5.41, 5.74) is 3.28. The van der Waals surface area contributed by atoms with Crippen LogP contribution in [0, 0.1) is 6.92 Å². The molecule has 0 unspecified atom stereocenters. The van der Waals surface area contributed by atoms with Crippen LogP contribution < -0.4 is 5.32 Å². The van der Waals surface area contributed by atoms with E-state index in [9.17, 15) is 9.59 Å². The summed E-state index contributed by atoms with van der Waals surface area (Å²) < 4.78 is 7.09. The predicted molar refractivity (Wildman–Crippen MR) is 113 cm³/mol. The molecule has 1 saturated heterocycles. The molecule has 8 nitrogen and oxygen atoms in total. The van der Waals surface area contributed by atoms with Gasteiger partial charge in [-0.25, -0.2) is 14.8 Å². The molecule has 3 heterocycles. The number of imidazole rings is 1. The van der Waals surface area contributed by atoms with Crippen molar-refractivity contribution in [2.45, 2.75) is 32.7 Å². The number of amides is 2. The number of aryl methyl sites for hydroxylation is 1. The number of ether oxygens (including phenoxy) is 1. The van der Waals surface area contributed by atoms with Crippen molar-refractivity contribution in [2.75, 3.05) is 25.0 Å². The number of benzene rings is 1. The molecule has 0 spiro atoms. The van der Waals surface area contributed by atoms with E-state index in [2.05, 4.69) is 19.9 Å². The fraction of sp³-hybridized carbons (Fsp3) is 0.364. The van der Waals surface area contributed by atoms with Crippen molar-refractivity contribution in [1.29, 1.82) is 0 Å². The van der Waals surface area contributed by atoms with Gasteiger partial charge < -0.3 is 19.5 Å². The van der Waals surface area contributed by atoms with Crippen LogP contribution in [-0.4, -0.2) is 51.1 Å². The van der Waals surface area contributed by atoms with Crippen molar-refractivity contribution >= 4 is 28.9 Å². The maximum absolute atomic E-state index is 12.7. The van der Waals surface area contributed by atoms with Crippen LogP contribution in [-0.2, 0) is 16.0 Å². The molecular formula is C22H25N5O3. The third-order valence-electron chi connectivity index (χ3n) is 5.30. The minimum Gasteiger partial charge on any atom is -0.466 e. The molecule has 1 aromatic carbocycles. The Balaban J connectivity index is 1.38. The summed E-state index contributed by atoms with van der Waals surface area (Å²) in [5.74, 6) is 0.655. The number of aromatic nitrogens is 3. The lowest BCUT2D eigenvalue weighted by atomic mass is 10.1. The van der Waals surface area contributed by atoms with Crippen molar-refractivity contribution in [3.05, 3.63) is 54.0 Å². The Morgan fingerprint density at radius 1 is 1.23 bits per heavy atom. The number of urea groups is 1. The van der Waals surface area contributed by atoms with Gasteiger partial charge in [-0.2, -0.15) is 0 Å². The van der Waals surface area contributed by atoms with Gasteiger partial charge in [-0.15, -0.1) is 0 Å². The van der Waals surface area contributed by atoms with Crippen LogP contribution in [0.3, 0.4) is 0 Å². The van der Waals surface area contributed by atoms with Gasteiger partial charge in [0.15, 0.2) is 5.65 Å². The lowest BCUT2D eigenvalue weighted by molar-refractivity contribution is -0.142. The first kappa shape index (κ1) is 19.9. The molecule has 0 radical (unpaired) electrons. The summed E-state index contributed by atoms with van der Waals surface area (Å²) in [6.07, 6.45) is 2.85. The SMILES string of the molecule is CCOC(=O)Cc1ccc(NC(=O)N2CC[C@@H](n3c(C)nc4cccnc43)C2)cc1. The van der Waals surface area contributed by atoms with Gasteiger partial charge in [-0.1, -0.05) is 12.1 Å². The van der Waals surface area contributed by atoms with E-state index in [1.807, 2.05) is 36.1 Å². The van der Waals surface area contributed by atoms with Gasteiger partial charge in [0.2, 0.25) is 0 Å². The molecule has 30 heavy (non-hydrogen) atoms. The van der Waals surface area contributed by atoms with E-state index in [1.165, 1.54) is 0 Å². The highest BCUT2D eigenvalue weighted by Gasteiger charge is 2.29. The van der Waals surface area contributed by atoms with Gasteiger partial charge in [0.1, 0.15) is 11.3 Å². The summed E-state index contributed by atoms with van der Waals surface area (Å²) in [4.78, 5) is 35.2. The molecule has 1 N–H and O–H groups in total. The van der Waals surface area contributed by atoms with Gasteiger partial charge >= 0.3 is 12.0 Å². The smallest absolute Gasteiger partial charge is 0.321 e. The van der Waals surface area contributed by atoms with E-state index in [0.717, 1.165) is 29.0 Å². The van der Waals surface area contributed by atoms with Crippen LogP contribution in [0.2, 0.25) is 0 Å². The highest BCUT2D eigenvalue weighted by molar-refractivity contribution is 5.89. The van der Waals surface area contributed by atoms with E-state index in [-0.39, 0.29) is 24.5 Å². The molecule has 0 aliphatic carbocycles. The summed E-state index contributed by atoms with van der Waals surface area (Å²) in [5, 5.41) is 2.94. The monoisotopic (exact) mass is 407 g/mol. The number of esters is 1. The normalized spacial score (nSPS) is 16.1. The number of pyridine rings is 1. The van der Waals surface area contributed by atoms with Crippen LogP contribution in [0.5, 0.6) is 0 Å². The van der Waals surface area contributed by atoms with E-state index >= 15 is 0 Å². The minimum absolute atomic E-state index is 0.134. The molecular weight excluding hydrogens is 382 g/mol. The molecule has 4 rings (SSSR count). The van der Waals surface area contributed by atoms with Crippen LogP contribution in [0.1, 0.15) is 30.8 Å². The van der Waals surface area contributed by atoms with Crippen LogP contribution in [0.15, 0.2) is 42.6 Å². The molecule has 0 saturated carbocycles. The summed E-state index contributed by atoms with van der Waals surface area (Å²) >= 11 is 0. The number of rotatable bonds is 5. The fourth-order valence-electron chi connectivity index (χ4n) is 3.90. The first-order valence-corrected chi connectivity index (χ1v) is 10.1. The number of hydrogen-bond acceptors (Lipinski definition) is 5. The number of hydrogen-bond donors (Lipinski definition) is 1. The highest BCUT2D eigenvalue weighted by Crippen LogP contribution is 2.27. The van der Waals surface area contributed by atoms with Gasteiger partial charge in [-0.05, 0) is 50.1 Å². The molecule has 8 heteroatoms. The Morgan fingerprint density at radius 3 is 2.80 bits per heavy atom. The third kappa shape index (κ3) is 4.12. The van der Waals surface area contributed by atoms with Crippen molar-refractivity contribution in [3.63, 3.8) is 0 Å². The molecule has 1 atom stereocenters. The van der Waals surface area contributed by atoms with Crippen molar-refractivity contribution in [3.8, 4) is 0 Å². The number of anilines is 1. The average molecular weight is 407 g/mol. The van der Waals surface area contributed by atoms with E-state index in [4.69, 9.17) is 4.74 Å². The quantitative estimate of drug-likeness (QED) is 0.656. The predicted octanol–water partition coefficient (Wildman–Crippen LogP) is 3.32. The minimum atomic E-state index is -0.255. The number of carbonyl (C=O) groups is 2. The number of nitrogens with one attached hydrogen (secondary N) is 1. The maximum Gasteiger partial charge on any atom is 0.321 e. The van der Waals surface area contributed by atoms with E-state index < -0.39 is 0 Å².